The molecule has 7 heteroatoms. The van der Waals surface area contributed by atoms with Gasteiger partial charge in [-0.3, -0.25) is 4.99 Å². The molecule has 140 valence electrons. The van der Waals surface area contributed by atoms with Crippen molar-refractivity contribution in [3.05, 3.63) is 76.9 Å². The van der Waals surface area contributed by atoms with E-state index < -0.39 is 10.0 Å². The Hall–Kier alpha value is -2.77. The van der Waals surface area contributed by atoms with Gasteiger partial charge in [-0.1, -0.05) is 0 Å². The predicted octanol–water partition coefficient (Wildman–Crippen LogP) is 3.94. The number of hydrogen-bond donors (Lipinski definition) is 1. The third-order valence-corrected chi connectivity index (χ3v) is 5.32. The van der Waals surface area contributed by atoms with Crippen molar-refractivity contribution in [3.63, 3.8) is 0 Å². The Morgan fingerprint density at radius 2 is 1.70 bits per heavy atom. The summed E-state index contributed by atoms with van der Waals surface area (Å²) in [5, 5.41) is 5.15. The highest BCUT2D eigenvalue weighted by atomic mass is 32.2. The van der Waals surface area contributed by atoms with Crippen molar-refractivity contribution in [2.45, 2.75) is 25.7 Å². The molecule has 0 aliphatic rings. The minimum atomic E-state index is -3.72. The molecule has 3 aromatic rings. The van der Waals surface area contributed by atoms with Crippen LogP contribution in [0.25, 0.3) is 5.69 Å². The van der Waals surface area contributed by atoms with Crippen LogP contribution >= 0.6 is 0 Å². The molecule has 27 heavy (non-hydrogen) atoms. The topological polar surface area (TPSA) is 77.5 Å². The molecular formula is C20H20FN3O2S. The van der Waals surface area contributed by atoms with Gasteiger partial charge < -0.3 is 4.57 Å². The summed E-state index contributed by atoms with van der Waals surface area (Å²) >= 11 is 0. The zero-order valence-corrected chi connectivity index (χ0v) is 16.1. The first-order valence-electron chi connectivity index (χ1n) is 8.29. The number of primary sulfonamides is 1. The van der Waals surface area contributed by atoms with Gasteiger partial charge in [0, 0.05) is 28.9 Å². The highest BCUT2D eigenvalue weighted by Gasteiger charge is 2.12. The van der Waals surface area contributed by atoms with Crippen LogP contribution in [0.15, 0.2) is 58.4 Å². The Kier molecular flexibility index (Phi) is 4.99. The normalized spacial score (nSPS) is 12.0. The lowest BCUT2D eigenvalue weighted by atomic mass is 10.2. The fourth-order valence-electron chi connectivity index (χ4n) is 2.95. The van der Waals surface area contributed by atoms with E-state index in [4.69, 9.17) is 5.14 Å². The summed E-state index contributed by atoms with van der Waals surface area (Å²) in [6.45, 7) is 5.61. The number of nitrogens with two attached hydrogens (primary N) is 1. The second kappa shape index (κ2) is 7.09. The van der Waals surface area contributed by atoms with Gasteiger partial charge in [0.1, 0.15) is 5.82 Å². The largest absolute Gasteiger partial charge is 0.318 e. The number of rotatable bonds is 4. The summed E-state index contributed by atoms with van der Waals surface area (Å²) < 4.78 is 38.2. The Labute approximate surface area is 158 Å². The zero-order valence-electron chi connectivity index (χ0n) is 15.3. The van der Waals surface area contributed by atoms with Crippen molar-refractivity contribution < 1.29 is 12.8 Å². The van der Waals surface area contributed by atoms with Gasteiger partial charge in [0.05, 0.1) is 10.6 Å². The van der Waals surface area contributed by atoms with E-state index in [1.165, 1.54) is 18.2 Å². The van der Waals surface area contributed by atoms with E-state index in [-0.39, 0.29) is 10.7 Å². The molecule has 2 N–H and O–H groups in total. The van der Waals surface area contributed by atoms with E-state index in [0.717, 1.165) is 22.6 Å². The van der Waals surface area contributed by atoms with Crippen LogP contribution in [0.1, 0.15) is 22.5 Å². The number of nitrogens with zero attached hydrogens (tertiary/aromatic N) is 2. The van der Waals surface area contributed by atoms with Crippen molar-refractivity contribution >= 4 is 21.9 Å². The standard InChI is InChI=1S/C20H20FN3O2S/c1-13-10-17(4-9-20(13)21)23-12-16-11-14(2)24(15(16)3)18-5-7-19(8-6-18)27(22,25)26/h4-12H,1-3H3,(H2,22,25,26). The lowest BCUT2D eigenvalue weighted by molar-refractivity contribution is 0.598. The monoisotopic (exact) mass is 385 g/mol. The van der Waals surface area contributed by atoms with Gasteiger partial charge in [0.15, 0.2) is 0 Å². The molecule has 5 nitrogen and oxygen atoms in total. The molecule has 2 aromatic carbocycles. The number of aliphatic imine (C=N–C) groups is 1. The van der Waals surface area contributed by atoms with Crippen molar-refractivity contribution in [1.29, 1.82) is 0 Å². The molecule has 0 radical (unpaired) electrons. The Morgan fingerprint density at radius 1 is 1.04 bits per heavy atom. The van der Waals surface area contributed by atoms with E-state index >= 15 is 0 Å². The van der Waals surface area contributed by atoms with Crippen LogP contribution in [-0.2, 0) is 10.0 Å². The quantitative estimate of drug-likeness (QED) is 0.691. The number of sulfonamides is 1. The molecular weight excluding hydrogens is 365 g/mol. The van der Waals surface area contributed by atoms with Crippen LogP contribution in [-0.4, -0.2) is 19.2 Å². The first-order chi connectivity index (χ1) is 12.7. The van der Waals surface area contributed by atoms with E-state index in [1.807, 2.05) is 24.5 Å². The Bertz CT molecular complexity index is 1130. The molecule has 0 aliphatic carbocycles. The van der Waals surface area contributed by atoms with Crippen LogP contribution < -0.4 is 5.14 Å². The Morgan fingerprint density at radius 3 is 2.30 bits per heavy atom. The summed E-state index contributed by atoms with van der Waals surface area (Å²) in [7, 11) is -3.72. The molecule has 1 aromatic heterocycles. The van der Waals surface area contributed by atoms with E-state index in [1.54, 1.807) is 37.4 Å². The van der Waals surface area contributed by atoms with Crippen molar-refractivity contribution in [3.8, 4) is 5.69 Å². The molecule has 1 heterocycles. The molecule has 0 spiro atoms. The first-order valence-corrected chi connectivity index (χ1v) is 9.84. The van der Waals surface area contributed by atoms with Crippen molar-refractivity contribution in [2.75, 3.05) is 0 Å². The van der Waals surface area contributed by atoms with Gasteiger partial charge in [-0.2, -0.15) is 0 Å². The fraction of sp³-hybridized carbons (Fsp3) is 0.150. The molecule has 0 amide bonds. The summed E-state index contributed by atoms with van der Waals surface area (Å²) in [5.74, 6) is -0.255. The molecule has 0 fully saturated rings. The van der Waals surface area contributed by atoms with E-state index in [9.17, 15) is 12.8 Å². The van der Waals surface area contributed by atoms with Gasteiger partial charge in [0.25, 0.3) is 0 Å². The minimum Gasteiger partial charge on any atom is -0.318 e. The second-order valence-corrected chi connectivity index (χ2v) is 7.95. The highest BCUT2D eigenvalue weighted by Crippen LogP contribution is 2.22. The van der Waals surface area contributed by atoms with Crippen LogP contribution in [0, 0.1) is 26.6 Å². The van der Waals surface area contributed by atoms with E-state index in [0.29, 0.717) is 11.3 Å². The number of aromatic nitrogens is 1. The maximum Gasteiger partial charge on any atom is 0.238 e. The van der Waals surface area contributed by atoms with Crippen LogP contribution in [0.3, 0.4) is 0 Å². The molecule has 0 saturated heterocycles. The molecule has 0 unspecified atom stereocenters. The highest BCUT2D eigenvalue weighted by molar-refractivity contribution is 7.89. The maximum absolute atomic E-state index is 13.4. The van der Waals surface area contributed by atoms with Crippen molar-refractivity contribution in [2.24, 2.45) is 10.1 Å². The van der Waals surface area contributed by atoms with Gasteiger partial charge in [-0.05, 0) is 74.9 Å². The molecule has 3 rings (SSSR count). The lowest BCUT2D eigenvalue weighted by Crippen LogP contribution is -2.12. The number of hydrogen-bond acceptors (Lipinski definition) is 3. The molecule has 0 aliphatic heterocycles. The minimum absolute atomic E-state index is 0.0715. The van der Waals surface area contributed by atoms with Crippen molar-refractivity contribution in [1.82, 2.24) is 4.57 Å². The van der Waals surface area contributed by atoms with Gasteiger partial charge >= 0.3 is 0 Å². The average molecular weight is 385 g/mol. The Balaban J connectivity index is 1.95. The number of aryl methyl sites for hydroxylation is 2. The summed E-state index contributed by atoms with van der Waals surface area (Å²) in [4.78, 5) is 4.50. The predicted molar refractivity (Wildman–Crippen MR) is 105 cm³/mol. The van der Waals surface area contributed by atoms with Gasteiger partial charge in [-0.15, -0.1) is 0 Å². The van der Waals surface area contributed by atoms with E-state index in [2.05, 4.69) is 4.99 Å². The smallest absolute Gasteiger partial charge is 0.238 e. The summed E-state index contributed by atoms with van der Waals surface area (Å²) in [5.41, 5.74) is 4.91. The third kappa shape index (κ3) is 3.99. The summed E-state index contributed by atoms with van der Waals surface area (Å²) in [6, 6.07) is 13.1. The third-order valence-electron chi connectivity index (χ3n) is 4.39. The number of benzene rings is 2. The summed E-state index contributed by atoms with van der Waals surface area (Å²) in [6.07, 6.45) is 1.74. The van der Waals surface area contributed by atoms with Gasteiger partial charge in [0.2, 0.25) is 10.0 Å². The molecule has 0 saturated carbocycles. The maximum atomic E-state index is 13.4. The SMILES string of the molecule is Cc1cc(N=Cc2cc(C)n(-c3ccc(S(N)(=O)=O)cc3)c2C)ccc1F. The second-order valence-electron chi connectivity index (χ2n) is 6.39. The van der Waals surface area contributed by atoms with Crippen LogP contribution in [0.4, 0.5) is 10.1 Å². The number of halogens is 1. The fourth-order valence-corrected chi connectivity index (χ4v) is 3.47. The first kappa shape index (κ1) is 19.0. The average Bonchev–Trinajstić information content (AvgIpc) is 2.89. The van der Waals surface area contributed by atoms with Crippen LogP contribution in [0.2, 0.25) is 0 Å². The van der Waals surface area contributed by atoms with Crippen LogP contribution in [0.5, 0.6) is 0 Å². The lowest BCUT2D eigenvalue weighted by Gasteiger charge is -2.10. The zero-order chi connectivity index (χ0) is 19.8. The molecule has 0 bridgehead atoms. The van der Waals surface area contributed by atoms with Gasteiger partial charge in [-0.25, -0.2) is 17.9 Å². The molecule has 0 atom stereocenters.